The quantitative estimate of drug-likeness (QED) is 0.852. The molecule has 0 amide bonds. The molecule has 0 saturated heterocycles. The van der Waals surface area contributed by atoms with E-state index in [0.29, 0.717) is 0 Å². The Balaban J connectivity index is 1.81. The van der Waals surface area contributed by atoms with Crippen LogP contribution in [0.2, 0.25) is 5.02 Å². The molecular formula is C14H16ClNS. The Kier molecular flexibility index (Phi) is 4.60. The molecule has 0 aliphatic rings. The summed E-state index contributed by atoms with van der Waals surface area (Å²) in [6.07, 6.45) is 1.10. The molecule has 0 spiro atoms. The summed E-state index contributed by atoms with van der Waals surface area (Å²) in [5.74, 6) is 0. The van der Waals surface area contributed by atoms with E-state index in [0.717, 1.165) is 24.5 Å². The number of hydrogen-bond acceptors (Lipinski definition) is 2. The summed E-state index contributed by atoms with van der Waals surface area (Å²) in [6, 6.07) is 10.8. The van der Waals surface area contributed by atoms with Gasteiger partial charge in [0.2, 0.25) is 0 Å². The van der Waals surface area contributed by atoms with Gasteiger partial charge >= 0.3 is 0 Å². The Labute approximate surface area is 111 Å². The van der Waals surface area contributed by atoms with Gasteiger partial charge in [-0.25, -0.2) is 0 Å². The number of halogens is 1. The van der Waals surface area contributed by atoms with Crippen LogP contribution < -0.4 is 5.32 Å². The third-order valence-electron chi connectivity index (χ3n) is 2.68. The average molecular weight is 266 g/mol. The van der Waals surface area contributed by atoms with E-state index in [1.807, 2.05) is 11.4 Å². The van der Waals surface area contributed by atoms with Crippen LogP contribution in [-0.2, 0) is 19.5 Å². The van der Waals surface area contributed by atoms with Crippen molar-refractivity contribution in [1.29, 1.82) is 0 Å². The Bertz CT molecular complexity index is 461. The van der Waals surface area contributed by atoms with Gasteiger partial charge in [0.15, 0.2) is 0 Å². The lowest BCUT2D eigenvalue weighted by Crippen LogP contribution is -2.11. The van der Waals surface area contributed by atoms with E-state index in [2.05, 4.69) is 36.5 Å². The van der Waals surface area contributed by atoms with Gasteiger partial charge in [0, 0.05) is 23.3 Å². The fourth-order valence-electron chi connectivity index (χ4n) is 1.67. The lowest BCUT2D eigenvalue weighted by molar-refractivity contribution is 0.701. The summed E-state index contributed by atoms with van der Waals surface area (Å²) < 4.78 is 0. The first-order valence-electron chi connectivity index (χ1n) is 5.79. The molecule has 2 rings (SSSR count). The molecule has 0 unspecified atom stereocenters. The highest BCUT2D eigenvalue weighted by Crippen LogP contribution is 2.18. The van der Waals surface area contributed by atoms with Gasteiger partial charge in [-0.1, -0.05) is 42.8 Å². The maximum Gasteiger partial charge on any atom is 0.0516 e. The monoisotopic (exact) mass is 265 g/mol. The van der Waals surface area contributed by atoms with Crippen molar-refractivity contribution in [2.24, 2.45) is 0 Å². The fraction of sp³-hybridized carbons (Fsp3) is 0.286. The van der Waals surface area contributed by atoms with Crippen LogP contribution in [0, 0.1) is 0 Å². The van der Waals surface area contributed by atoms with Crippen molar-refractivity contribution < 1.29 is 0 Å². The van der Waals surface area contributed by atoms with Gasteiger partial charge in [0.05, 0.1) is 5.02 Å². The molecule has 0 saturated carbocycles. The molecule has 1 aromatic carbocycles. The number of thiophene rings is 1. The molecule has 0 bridgehead atoms. The third kappa shape index (κ3) is 3.84. The minimum absolute atomic E-state index is 0.832. The third-order valence-corrected chi connectivity index (χ3v) is 3.97. The van der Waals surface area contributed by atoms with E-state index in [4.69, 9.17) is 11.6 Å². The Morgan fingerprint density at radius 3 is 2.41 bits per heavy atom. The molecule has 0 radical (unpaired) electrons. The molecule has 1 aromatic heterocycles. The molecule has 3 heteroatoms. The SMILES string of the molecule is CCc1ccc(CNCc2cc(Cl)cs2)cc1. The van der Waals surface area contributed by atoms with Crippen LogP contribution >= 0.6 is 22.9 Å². The van der Waals surface area contributed by atoms with Crippen LogP contribution in [0.25, 0.3) is 0 Å². The van der Waals surface area contributed by atoms with Gasteiger partial charge in [-0.3, -0.25) is 0 Å². The smallest absolute Gasteiger partial charge is 0.0516 e. The van der Waals surface area contributed by atoms with Gasteiger partial charge in [-0.05, 0) is 23.6 Å². The zero-order valence-corrected chi connectivity index (χ0v) is 11.4. The normalized spacial score (nSPS) is 10.7. The number of rotatable bonds is 5. The van der Waals surface area contributed by atoms with Gasteiger partial charge in [-0.2, -0.15) is 0 Å². The highest BCUT2D eigenvalue weighted by Gasteiger charge is 1.98. The first-order valence-corrected chi connectivity index (χ1v) is 7.05. The largest absolute Gasteiger partial charge is 0.308 e. The summed E-state index contributed by atoms with van der Waals surface area (Å²) in [5.41, 5.74) is 2.71. The van der Waals surface area contributed by atoms with Crippen LogP contribution in [0.15, 0.2) is 35.7 Å². The summed E-state index contributed by atoms with van der Waals surface area (Å²) >= 11 is 7.57. The lowest BCUT2D eigenvalue weighted by Gasteiger charge is -2.04. The van der Waals surface area contributed by atoms with E-state index in [9.17, 15) is 0 Å². The van der Waals surface area contributed by atoms with Crippen LogP contribution in [0.4, 0.5) is 0 Å². The standard InChI is InChI=1S/C14H16ClNS/c1-2-11-3-5-12(6-4-11)8-16-9-14-7-13(15)10-17-14/h3-7,10,16H,2,8-9H2,1H3. The zero-order valence-electron chi connectivity index (χ0n) is 9.87. The maximum absolute atomic E-state index is 5.87. The molecule has 2 aromatic rings. The van der Waals surface area contributed by atoms with Crippen molar-refractivity contribution in [3.8, 4) is 0 Å². The van der Waals surface area contributed by atoms with Crippen molar-refractivity contribution in [1.82, 2.24) is 5.32 Å². The first-order chi connectivity index (χ1) is 8.28. The number of benzene rings is 1. The maximum atomic E-state index is 5.87. The van der Waals surface area contributed by atoms with Crippen LogP contribution in [0.1, 0.15) is 22.9 Å². The number of hydrogen-bond donors (Lipinski definition) is 1. The second kappa shape index (κ2) is 6.20. The lowest BCUT2D eigenvalue weighted by atomic mass is 10.1. The Morgan fingerprint density at radius 2 is 1.82 bits per heavy atom. The minimum Gasteiger partial charge on any atom is -0.308 e. The molecular weight excluding hydrogens is 250 g/mol. The predicted octanol–water partition coefficient (Wildman–Crippen LogP) is 4.25. The van der Waals surface area contributed by atoms with E-state index in [1.54, 1.807) is 11.3 Å². The van der Waals surface area contributed by atoms with Crippen molar-refractivity contribution in [3.63, 3.8) is 0 Å². The first kappa shape index (κ1) is 12.6. The summed E-state index contributed by atoms with van der Waals surface area (Å²) in [7, 11) is 0. The zero-order chi connectivity index (χ0) is 12.1. The summed E-state index contributed by atoms with van der Waals surface area (Å²) in [6.45, 7) is 3.96. The van der Waals surface area contributed by atoms with Crippen molar-refractivity contribution >= 4 is 22.9 Å². The Hall–Kier alpha value is -0.830. The molecule has 0 atom stereocenters. The molecule has 17 heavy (non-hydrogen) atoms. The molecule has 1 N–H and O–H groups in total. The van der Waals surface area contributed by atoms with Crippen molar-refractivity contribution in [3.05, 3.63) is 56.7 Å². The van der Waals surface area contributed by atoms with E-state index in [-0.39, 0.29) is 0 Å². The van der Waals surface area contributed by atoms with Gasteiger partial charge in [0.1, 0.15) is 0 Å². The van der Waals surface area contributed by atoms with E-state index >= 15 is 0 Å². The summed E-state index contributed by atoms with van der Waals surface area (Å²) in [5, 5.41) is 6.22. The topological polar surface area (TPSA) is 12.0 Å². The highest BCUT2D eigenvalue weighted by atomic mass is 35.5. The average Bonchev–Trinajstić information content (AvgIpc) is 2.76. The van der Waals surface area contributed by atoms with E-state index in [1.165, 1.54) is 16.0 Å². The van der Waals surface area contributed by atoms with Gasteiger partial charge < -0.3 is 5.32 Å². The van der Waals surface area contributed by atoms with Crippen LogP contribution in [-0.4, -0.2) is 0 Å². The van der Waals surface area contributed by atoms with Crippen LogP contribution in [0.5, 0.6) is 0 Å². The minimum atomic E-state index is 0.832. The molecule has 0 fully saturated rings. The molecule has 1 nitrogen and oxygen atoms in total. The fourth-order valence-corrected chi connectivity index (χ4v) is 2.71. The van der Waals surface area contributed by atoms with Crippen molar-refractivity contribution in [2.45, 2.75) is 26.4 Å². The van der Waals surface area contributed by atoms with Crippen LogP contribution in [0.3, 0.4) is 0 Å². The van der Waals surface area contributed by atoms with E-state index < -0.39 is 0 Å². The second-order valence-corrected chi connectivity index (χ2v) is 5.44. The predicted molar refractivity (Wildman–Crippen MR) is 75.7 cm³/mol. The van der Waals surface area contributed by atoms with Crippen molar-refractivity contribution in [2.75, 3.05) is 0 Å². The number of nitrogens with one attached hydrogen (secondary N) is 1. The van der Waals surface area contributed by atoms with Gasteiger partial charge in [0.25, 0.3) is 0 Å². The Morgan fingerprint density at radius 1 is 1.12 bits per heavy atom. The molecule has 0 aliphatic carbocycles. The summed E-state index contributed by atoms with van der Waals surface area (Å²) in [4.78, 5) is 1.28. The number of aryl methyl sites for hydroxylation is 1. The highest BCUT2D eigenvalue weighted by molar-refractivity contribution is 7.10. The molecule has 1 heterocycles. The molecule has 90 valence electrons. The second-order valence-electron chi connectivity index (χ2n) is 4.00. The molecule has 0 aliphatic heterocycles. The van der Waals surface area contributed by atoms with Gasteiger partial charge in [-0.15, -0.1) is 11.3 Å².